The molecule has 378 valence electrons. The average molecular weight is 995 g/mol. The lowest BCUT2D eigenvalue weighted by atomic mass is 9.49. The quantitative estimate of drug-likeness (QED) is 0.107. The Morgan fingerprint density at radius 1 is 0.903 bits per heavy atom. The maximum absolute atomic E-state index is 14.3. The molecule has 0 bridgehead atoms. The number of amides is 3. The van der Waals surface area contributed by atoms with E-state index in [0.717, 1.165) is 117 Å². The fourth-order valence-corrected chi connectivity index (χ4v) is 13.1. The van der Waals surface area contributed by atoms with E-state index in [1.807, 2.05) is 88.1 Å². The molecule has 4 aliphatic heterocycles. The Kier molecular flexibility index (Phi) is 12.9. The number of hydrogen-bond donors (Lipinski definition) is 5. The number of hydrogen-bond acceptors (Lipinski definition) is 15. The van der Waals surface area contributed by atoms with Crippen molar-refractivity contribution < 1.29 is 24.6 Å². The van der Waals surface area contributed by atoms with Gasteiger partial charge in [0.1, 0.15) is 17.8 Å². The number of carbonyl (C=O) groups excluding carboxylic acids is 3. The summed E-state index contributed by atoms with van der Waals surface area (Å²) in [6, 6.07) is 16.3. The second-order valence-electron chi connectivity index (χ2n) is 22.3. The van der Waals surface area contributed by atoms with Crippen LogP contribution in [-0.4, -0.2) is 139 Å². The van der Waals surface area contributed by atoms with Crippen LogP contribution in [0.3, 0.4) is 0 Å². The molecule has 7 heterocycles. The molecule has 72 heavy (non-hydrogen) atoms. The van der Waals surface area contributed by atoms with Crippen LogP contribution < -0.4 is 25.8 Å². The fraction of sp³-hybridized carbons (Fsp3) is 0.519. The summed E-state index contributed by atoms with van der Waals surface area (Å²) in [4.78, 5) is 65.8. The predicted octanol–water partition coefficient (Wildman–Crippen LogP) is 5.74. The van der Waals surface area contributed by atoms with E-state index in [-0.39, 0.29) is 53.8 Å². The molecule has 2 aliphatic carbocycles. The van der Waals surface area contributed by atoms with Gasteiger partial charge in [-0.3, -0.25) is 14.4 Å². The lowest BCUT2D eigenvalue weighted by molar-refractivity contribution is -0.150. The number of thiazole rings is 1. The van der Waals surface area contributed by atoms with Crippen LogP contribution in [0, 0.1) is 23.7 Å². The van der Waals surface area contributed by atoms with Gasteiger partial charge in [-0.15, -0.1) is 21.5 Å². The molecule has 6 aliphatic rings. The number of anilines is 3. The normalized spacial score (nSPS) is 25.7. The van der Waals surface area contributed by atoms with Crippen molar-refractivity contribution in [1.29, 1.82) is 0 Å². The maximum atomic E-state index is 14.3. The van der Waals surface area contributed by atoms with E-state index >= 15 is 0 Å². The van der Waals surface area contributed by atoms with Gasteiger partial charge < -0.3 is 45.8 Å². The molecule has 2 aromatic carbocycles. The first kappa shape index (κ1) is 48.1. The number of piperidine rings is 1. The molecule has 0 unspecified atom stereocenters. The number of β-amino-alcohol motifs (C(OH)–C–C–N with tert-alkyl or cyclic N) is 1. The summed E-state index contributed by atoms with van der Waals surface area (Å²) in [5, 5.41) is 39.6. The van der Waals surface area contributed by atoms with Crippen LogP contribution in [0.15, 0.2) is 72.5 Å². The van der Waals surface area contributed by atoms with Crippen LogP contribution in [0.2, 0.25) is 0 Å². The van der Waals surface area contributed by atoms with Gasteiger partial charge >= 0.3 is 0 Å². The van der Waals surface area contributed by atoms with Crippen LogP contribution in [0.5, 0.6) is 5.75 Å². The fourth-order valence-electron chi connectivity index (χ4n) is 12.3. The zero-order valence-electron chi connectivity index (χ0n) is 41.6. The Bertz CT molecular complexity index is 2800. The van der Waals surface area contributed by atoms with E-state index in [4.69, 9.17) is 9.97 Å². The number of rotatable bonds is 11. The molecule has 4 atom stereocenters. The number of aliphatic hydroxyl groups excluding tert-OH is 1. The van der Waals surface area contributed by atoms with Crippen LogP contribution in [-0.2, 0) is 20.9 Å². The summed E-state index contributed by atoms with van der Waals surface area (Å²) < 4.78 is 0. The van der Waals surface area contributed by atoms with Gasteiger partial charge in [-0.2, -0.15) is 0 Å². The minimum Gasteiger partial charge on any atom is -0.507 e. The van der Waals surface area contributed by atoms with Gasteiger partial charge in [0.25, 0.3) is 0 Å². The third-order valence-electron chi connectivity index (χ3n) is 16.5. The van der Waals surface area contributed by atoms with Crippen LogP contribution in [0.25, 0.3) is 21.7 Å². The first-order valence-corrected chi connectivity index (χ1v) is 26.6. The third-order valence-corrected chi connectivity index (χ3v) is 17.4. The van der Waals surface area contributed by atoms with E-state index in [2.05, 4.69) is 45.8 Å². The number of carbonyl (C=O) groups is 3. The van der Waals surface area contributed by atoms with Crippen molar-refractivity contribution in [2.75, 3.05) is 60.9 Å². The topological polar surface area (TPSA) is 205 Å². The Morgan fingerprint density at radius 3 is 2.36 bits per heavy atom. The molecule has 3 saturated heterocycles. The van der Waals surface area contributed by atoms with Gasteiger partial charge in [0, 0.05) is 75.6 Å². The molecule has 5 aromatic rings. The van der Waals surface area contributed by atoms with Crippen molar-refractivity contribution in [2.24, 2.45) is 16.7 Å². The van der Waals surface area contributed by atoms with Crippen molar-refractivity contribution in [1.82, 2.24) is 45.6 Å². The Labute approximate surface area is 424 Å². The highest BCUT2D eigenvalue weighted by Gasteiger charge is 2.57. The second-order valence-corrected chi connectivity index (χ2v) is 23.2. The number of nitrogens with one attached hydrogen (secondary N) is 3. The third kappa shape index (κ3) is 9.48. The Hall–Kier alpha value is -6.24. The summed E-state index contributed by atoms with van der Waals surface area (Å²) in [5.74, 6) is 1.23. The highest BCUT2D eigenvalue weighted by molar-refractivity contribution is 7.13. The zero-order valence-corrected chi connectivity index (χ0v) is 42.4. The molecule has 0 radical (unpaired) electrons. The van der Waals surface area contributed by atoms with Gasteiger partial charge in [0.05, 0.1) is 39.6 Å². The minimum atomic E-state index is -0.839. The molecular weight excluding hydrogens is 929 g/mol. The van der Waals surface area contributed by atoms with Gasteiger partial charge in [-0.1, -0.05) is 57.2 Å². The molecular formula is C54H66N12O5S. The largest absolute Gasteiger partial charge is 0.507 e. The smallest absolute Gasteiger partial charge is 0.246 e. The number of benzene rings is 2. The number of nitrogens with zero attached hydrogens (tertiary/aromatic N) is 9. The van der Waals surface area contributed by atoms with Gasteiger partial charge in [-0.25, -0.2) is 15.0 Å². The number of phenols is 1. The first-order valence-electron chi connectivity index (χ1n) is 25.7. The maximum Gasteiger partial charge on any atom is 0.246 e. The van der Waals surface area contributed by atoms with Crippen molar-refractivity contribution in [3.8, 4) is 27.4 Å². The minimum absolute atomic E-state index is 0.0454. The Morgan fingerprint density at radius 2 is 1.65 bits per heavy atom. The van der Waals surface area contributed by atoms with Crippen LogP contribution in [0.4, 0.5) is 17.5 Å². The van der Waals surface area contributed by atoms with Crippen LogP contribution in [0.1, 0.15) is 88.5 Å². The molecule has 2 saturated carbocycles. The lowest BCUT2D eigenvalue weighted by Gasteiger charge is -2.60. The second kappa shape index (κ2) is 19.3. The number of aliphatic hydroxyl groups is 1. The molecule has 18 heteroatoms. The van der Waals surface area contributed by atoms with Gasteiger partial charge in [-0.05, 0) is 110 Å². The highest BCUT2D eigenvalue weighted by Crippen LogP contribution is 2.60. The number of piperazine rings is 1. The predicted molar refractivity (Wildman–Crippen MR) is 276 cm³/mol. The molecule has 3 amide bonds. The van der Waals surface area contributed by atoms with Gasteiger partial charge in [0.15, 0.2) is 5.82 Å². The molecule has 1 spiro atoms. The Balaban J connectivity index is 0.625. The molecule has 17 nitrogen and oxygen atoms in total. The zero-order chi connectivity index (χ0) is 49.9. The number of aromatic hydroxyl groups is 1. The summed E-state index contributed by atoms with van der Waals surface area (Å²) >= 11 is 1.59. The highest BCUT2D eigenvalue weighted by atomic mass is 32.1. The number of likely N-dealkylation sites (tertiary alicyclic amines) is 2. The van der Waals surface area contributed by atoms with Crippen molar-refractivity contribution in [3.05, 3.63) is 89.3 Å². The lowest BCUT2D eigenvalue weighted by Crippen LogP contribution is -2.62. The number of para-hydroxylation sites is 1. The monoisotopic (exact) mass is 994 g/mol. The van der Waals surface area contributed by atoms with E-state index in [0.29, 0.717) is 29.8 Å². The summed E-state index contributed by atoms with van der Waals surface area (Å²) in [7, 11) is 0. The van der Waals surface area contributed by atoms with Crippen LogP contribution >= 0.6 is 11.3 Å². The molecule has 5 N–H and O–H groups in total. The van der Waals surface area contributed by atoms with E-state index in [1.165, 1.54) is 10.5 Å². The summed E-state index contributed by atoms with van der Waals surface area (Å²) in [6.45, 7) is 13.3. The van der Waals surface area contributed by atoms with E-state index in [9.17, 15) is 24.6 Å². The first-order chi connectivity index (χ1) is 34.7. The SMILES string of the molecule is Cc1ncsc1-c1ccc(CNC(=O)[C@@H]2C[C@@H](O)CN2C(=O)[C@@H](NC(=O)C2CC3(C2)CC(N2CCC(c4cnc(N5CCN6c7cc(-c8ccccc8O)nnc7NC[C@H]6C5)nc4)CC2)C3)C(C)(C)C)cc1. The number of fused-ring (bicyclic) bond motifs is 3. The number of aromatic nitrogens is 5. The standard InChI is InChI=1S/C54H66N12O5S/c1-32-46(72-31-59-32)35-11-9-33(10-12-35)25-56-50(70)44-19-40(67)30-66(44)51(71)47(53(2,3)4)60-49(69)36-21-54(22-36)23-38(24-54)63-15-13-34(14-16-63)37-26-57-52(58-27-37)64-17-18-65-39(29-64)28-55-48-43(65)20-42(61-62-48)41-7-5-6-8-45(41)68/h5-12,20,26-27,31,34,36,38-40,44,47,67-68H,13-19,21-25,28-30H2,1-4H3,(H,55,62)(H,56,70)(H,60,69)/t36?,38?,39-,40+,44-,47+,54?/m0/s1. The average Bonchev–Trinajstić information content (AvgIpc) is 3.98. The number of phenolic OH excluding ortho intramolecular Hbond substituents is 1. The van der Waals surface area contributed by atoms with Crippen molar-refractivity contribution >= 4 is 46.5 Å². The number of aryl methyl sites for hydroxylation is 1. The van der Waals surface area contributed by atoms with Crippen molar-refractivity contribution in [2.45, 2.75) is 115 Å². The van der Waals surface area contributed by atoms with Gasteiger partial charge in [0.2, 0.25) is 23.7 Å². The van der Waals surface area contributed by atoms with E-state index in [1.54, 1.807) is 23.5 Å². The summed E-state index contributed by atoms with van der Waals surface area (Å²) in [5.41, 5.74) is 7.89. The van der Waals surface area contributed by atoms with E-state index < -0.39 is 23.6 Å². The van der Waals surface area contributed by atoms with Crippen molar-refractivity contribution in [3.63, 3.8) is 0 Å². The molecule has 5 fully saturated rings. The molecule has 11 rings (SSSR count). The molecule has 3 aromatic heterocycles. The summed E-state index contributed by atoms with van der Waals surface area (Å²) in [6.07, 6.45) is 9.36.